The molecule has 2 N–H and O–H groups in total. The summed E-state index contributed by atoms with van der Waals surface area (Å²) in [6.45, 7) is 6.67. The van der Waals surface area contributed by atoms with Crippen LogP contribution in [-0.4, -0.2) is 15.2 Å². The highest BCUT2D eigenvalue weighted by molar-refractivity contribution is 6.31. The lowest BCUT2D eigenvalue weighted by atomic mass is 10.2. The highest BCUT2D eigenvalue weighted by atomic mass is 35.5. The number of anilines is 1. The van der Waals surface area contributed by atoms with E-state index in [-0.39, 0.29) is 0 Å². The molecular formula is C12H15ClN4. The fourth-order valence-electron chi connectivity index (χ4n) is 1.69. The molecule has 17 heavy (non-hydrogen) atoms. The third-order valence-corrected chi connectivity index (χ3v) is 3.01. The second-order valence-electron chi connectivity index (χ2n) is 4.12. The SMILES string of the molecule is Cc1cnc(Cl)c(NCc2c(C)n[nH]c2C)c1. The first kappa shape index (κ1) is 11.9. The van der Waals surface area contributed by atoms with E-state index in [1.165, 1.54) is 5.56 Å². The minimum absolute atomic E-state index is 0.495. The molecule has 0 bridgehead atoms. The summed E-state index contributed by atoms with van der Waals surface area (Å²) in [5.74, 6) is 0. The largest absolute Gasteiger partial charge is 0.378 e. The van der Waals surface area contributed by atoms with Crippen LogP contribution in [0, 0.1) is 20.8 Å². The lowest BCUT2D eigenvalue weighted by Crippen LogP contribution is -2.03. The van der Waals surface area contributed by atoms with Crippen LogP contribution in [0.2, 0.25) is 5.15 Å². The van der Waals surface area contributed by atoms with Gasteiger partial charge in [0.25, 0.3) is 0 Å². The molecular weight excluding hydrogens is 236 g/mol. The molecule has 4 nitrogen and oxygen atoms in total. The first-order valence-electron chi connectivity index (χ1n) is 5.44. The number of aromatic nitrogens is 3. The smallest absolute Gasteiger partial charge is 0.152 e. The zero-order valence-corrected chi connectivity index (χ0v) is 10.9. The topological polar surface area (TPSA) is 53.6 Å². The van der Waals surface area contributed by atoms with Gasteiger partial charge in [0.1, 0.15) is 0 Å². The second-order valence-corrected chi connectivity index (χ2v) is 4.48. The van der Waals surface area contributed by atoms with Crippen LogP contribution in [0.25, 0.3) is 0 Å². The van der Waals surface area contributed by atoms with Gasteiger partial charge in [0, 0.05) is 24.0 Å². The Hall–Kier alpha value is -1.55. The fourth-order valence-corrected chi connectivity index (χ4v) is 1.86. The zero-order valence-electron chi connectivity index (χ0n) is 10.1. The number of hydrogen-bond acceptors (Lipinski definition) is 3. The summed E-state index contributed by atoms with van der Waals surface area (Å²) in [6.07, 6.45) is 1.75. The van der Waals surface area contributed by atoms with Gasteiger partial charge in [0.2, 0.25) is 0 Å². The maximum absolute atomic E-state index is 6.02. The van der Waals surface area contributed by atoms with Crippen molar-refractivity contribution in [2.75, 3.05) is 5.32 Å². The predicted molar refractivity (Wildman–Crippen MR) is 69.4 cm³/mol. The normalized spacial score (nSPS) is 10.6. The Morgan fingerprint density at radius 3 is 2.76 bits per heavy atom. The highest BCUT2D eigenvalue weighted by Crippen LogP contribution is 2.21. The van der Waals surface area contributed by atoms with Crippen molar-refractivity contribution in [3.63, 3.8) is 0 Å². The van der Waals surface area contributed by atoms with Crippen molar-refractivity contribution in [2.24, 2.45) is 0 Å². The van der Waals surface area contributed by atoms with Gasteiger partial charge >= 0.3 is 0 Å². The van der Waals surface area contributed by atoms with E-state index < -0.39 is 0 Å². The van der Waals surface area contributed by atoms with Gasteiger partial charge < -0.3 is 5.32 Å². The van der Waals surface area contributed by atoms with E-state index in [2.05, 4.69) is 20.5 Å². The summed E-state index contributed by atoms with van der Waals surface area (Å²) >= 11 is 6.02. The number of aromatic amines is 1. The fraction of sp³-hybridized carbons (Fsp3) is 0.333. The summed E-state index contributed by atoms with van der Waals surface area (Å²) < 4.78 is 0. The monoisotopic (exact) mass is 250 g/mol. The first-order valence-corrected chi connectivity index (χ1v) is 5.82. The number of pyridine rings is 1. The van der Waals surface area contributed by atoms with Gasteiger partial charge in [-0.15, -0.1) is 0 Å². The average Bonchev–Trinajstić information content (AvgIpc) is 2.61. The van der Waals surface area contributed by atoms with Crippen molar-refractivity contribution in [3.05, 3.63) is 39.9 Å². The number of nitrogens with zero attached hydrogens (tertiary/aromatic N) is 2. The zero-order chi connectivity index (χ0) is 12.4. The second kappa shape index (κ2) is 4.75. The highest BCUT2D eigenvalue weighted by Gasteiger charge is 2.07. The van der Waals surface area contributed by atoms with Crippen molar-refractivity contribution >= 4 is 17.3 Å². The first-order chi connectivity index (χ1) is 8.08. The molecule has 0 aliphatic rings. The third kappa shape index (κ3) is 2.58. The molecule has 0 aliphatic heterocycles. The Balaban J connectivity index is 2.15. The van der Waals surface area contributed by atoms with Gasteiger partial charge in [0.05, 0.1) is 11.4 Å². The molecule has 0 amide bonds. The lowest BCUT2D eigenvalue weighted by Gasteiger charge is -2.08. The predicted octanol–water partition coefficient (Wildman–Crippen LogP) is 3.00. The van der Waals surface area contributed by atoms with Gasteiger partial charge in [-0.2, -0.15) is 5.10 Å². The molecule has 2 heterocycles. The van der Waals surface area contributed by atoms with E-state index in [1.807, 2.05) is 26.8 Å². The van der Waals surface area contributed by atoms with E-state index in [0.29, 0.717) is 11.7 Å². The maximum Gasteiger partial charge on any atom is 0.152 e. The molecule has 0 unspecified atom stereocenters. The Morgan fingerprint density at radius 2 is 2.12 bits per heavy atom. The van der Waals surface area contributed by atoms with E-state index >= 15 is 0 Å². The van der Waals surface area contributed by atoms with Gasteiger partial charge in [0.15, 0.2) is 5.15 Å². The molecule has 0 aromatic carbocycles. The van der Waals surface area contributed by atoms with E-state index in [9.17, 15) is 0 Å². The van der Waals surface area contributed by atoms with E-state index in [4.69, 9.17) is 11.6 Å². The molecule has 0 saturated heterocycles. The van der Waals surface area contributed by atoms with E-state index in [0.717, 1.165) is 22.6 Å². The van der Waals surface area contributed by atoms with Gasteiger partial charge in [-0.05, 0) is 32.4 Å². The van der Waals surface area contributed by atoms with E-state index in [1.54, 1.807) is 6.20 Å². The molecule has 0 fully saturated rings. The summed E-state index contributed by atoms with van der Waals surface area (Å²) in [6, 6.07) is 1.99. The number of halogens is 1. The Kier molecular flexibility index (Phi) is 3.33. The van der Waals surface area contributed by atoms with Crippen LogP contribution in [0.5, 0.6) is 0 Å². The minimum Gasteiger partial charge on any atom is -0.378 e. The molecule has 0 atom stereocenters. The molecule has 90 valence electrons. The third-order valence-electron chi connectivity index (χ3n) is 2.71. The van der Waals surface area contributed by atoms with Gasteiger partial charge in [-0.1, -0.05) is 11.6 Å². The molecule has 2 aromatic heterocycles. The molecule has 0 aliphatic carbocycles. The van der Waals surface area contributed by atoms with Crippen LogP contribution in [0.4, 0.5) is 5.69 Å². The van der Waals surface area contributed by atoms with Crippen LogP contribution in [0.3, 0.4) is 0 Å². The molecule has 0 saturated carbocycles. The number of hydrogen-bond donors (Lipinski definition) is 2. The number of rotatable bonds is 3. The molecule has 5 heteroatoms. The van der Waals surface area contributed by atoms with Gasteiger partial charge in [-0.3, -0.25) is 5.10 Å². The number of H-pyrrole nitrogens is 1. The lowest BCUT2D eigenvalue weighted by molar-refractivity contribution is 1.02. The molecule has 0 radical (unpaired) electrons. The molecule has 0 spiro atoms. The summed E-state index contributed by atoms with van der Waals surface area (Å²) in [5.41, 5.74) is 5.19. The minimum atomic E-state index is 0.495. The maximum atomic E-state index is 6.02. The van der Waals surface area contributed by atoms with Crippen molar-refractivity contribution < 1.29 is 0 Å². The summed E-state index contributed by atoms with van der Waals surface area (Å²) in [7, 11) is 0. The van der Waals surface area contributed by atoms with Crippen LogP contribution in [-0.2, 0) is 6.54 Å². The van der Waals surface area contributed by atoms with Crippen LogP contribution < -0.4 is 5.32 Å². The Labute approximate surface area is 105 Å². The standard InChI is InChI=1S/C12H15ClN4/c1-7-4-11(12(13)15-5-7)14-6-10-8(2)16-17-9(10)3/h4-5,14H,6H2,1-3H3,(H,16,17). The number of aryl methyl sites for hydroxylation is 3. The van der Waals surface area contributed by atoms with Gasteiger partial charge in [-0.25, -0.2) is 4.98 Å². The Morgan fingerprint density at radius 1 is 1.35 bits per heavy atom. The summed E-state index contributed by atoms with van der Waals surface area (Å²) in [4.78, 5) is 4.10. The van der Waals surface area contributed by atoms with Crippen molar-refractivity contribution in [1.82, 2.24) is 15.2 Å². The summed E-state index contributed by atoms with van der Waals surface area (Å²) in [5, 5.41) is 10.9. The van der Waals surface area contributed by atoms with Crippen LogP contribution >= 0.6 is 11.6 Å². The molecule has 2 rings (SSSR count). The van der Waals surface area contributed by atoms with Crippen molar-refractivity contribution in [1.29, 1.82) is 0 Å². The van der Waals surface area contributed by atoms with Crippen molar-refractivity contribution in [2.45, 2.75) is 27.3 Å². The number of nitrogens with one attached hydrogen (secondary N) is 2. The van der Waals surface area contributed by atoms with Crippen LogP contribution in [0.1, 0.15) is 22.5 Å². The quantitative estimate of drug-likeness (QED) is 0.824. The Bertz CT molecular complexity index is 514. The van der Waals surface area contributed by atoms with Crippen molar-refractivity contribution in [3.8, 4) is 0 Å². The average molecular weight is 251 g/mol. The molecule has 2 aromatic rings. The van der Waals surface area contributed by atoms with Crippen LogP contribution in [0.15, 0.2) is 12.3 Å².